The Morgan fingerprint density at radius 2 is 2.28 bits per heavy atom. The molecule has 4 heteroatoms. The third kappa shape index (κ3) is 6.03. The second-order valence-corrected chi connectivity index (χ2v) is 5.41. The van der Waals surface area contributed by atoms with Gasteiger partial charge in [-0.05, 0) is 12.3 Å². The molecule has 1 aliphatic rings. The second-order valence-electron chi connectivity index (χ2n) is 5.41. The fraction of sp³-hybridized carbons (Fsp3) is 0.857. The summed E-state index contributed by atoms with van der Waals surface area (Å²) in [6.07, 6.45) is 6.71. The third-order valence-corrected chi connectivity index (χ3v) is 3.46. The van der Waals surface area contributed by atoms with Gasteiger partial charge in [-0.3, -0.25) is 9.59 Å². The van der Waals surface area contributed by atoms with E-state index < -0.39 is 0 Å². The van der Waals surface area contributed by atoms with Gasteiger partial charge in [0.15, 0.2) is 0 Å². The van der Waals surface area contributed by atoms with Crippen molar-refractivity contribution in [1.29, 1.82) is 0 Å². The highest BCUT2D eigenvalue weighted by molar-refractivity contribution is 5.79. The van der Waals surface area contributed by atoms with E-state index in [-0.39, 0.29) is 17.9 Å². The van der Waals surface area contributed by atoms with Crippen LogP contribution in [0.25, 0.3) is 0 Å². The van der Waals surface area contributed by atoms with E-state index in [1.165, 1.54) is 19.3 Å². The van der Waals surface area contributed by atoms with Gasteiger partial charge in [-0.15, -0.1) is 0 Å². The predicted octanol–water partition coefficient (Wildman–Crippen LogP) is 1.99. The van der Waals surface area contributed by atoms with Gasteiger partial charge >= 0.3 is 0 Å². The topological polar surface area (TPSA) is 58.2 Å². The zero-order chi connectivity index (χ0) is 13.4. The molecule has 1 aliphatic heterocycles. The molecule has 1 fully saturated rings. The largest absolute Gasteiger partial charge is 0.354 e. The number of unbranched alkanes of at least 4 members (excludes halogenated alkanes) is 2. The Morgan fingerprint density at radius 1 is 1.50 bits per heavy atom. The number of nitrogens with one attached hydrogen (secondary N) is 2. The molecular formula is C14H26N2O2. The van der Waals surface area contributed by atoms with E-state index in [1.54, 1.807) is 0 Å². The Kier molecular flexibility index (Phi) is 6.76. The van der Waals surface area contributed by atoms with Crippen LogP contribution in [0.2, 0.25) is 0 Å². The van der Waals surface area contributed by atoms with E-state index in [2.05, 4.69) is 24.5 Å². The van der Waals surface area contributed by atoms with Gasteiger partial charge in [-0.2, -0.15) is 0 Å². The third-order valence-electron chi connectivity index (χ3n) is 3.46. The molecule has 1 saturated heterocycles. The van der Waals surface area contributed by atoms with Crippen LogP contribution in [0.1, 0.15) is 58.8 Å². The monoisotopic (exact) mass is 254 g/mol. The van der Waals surface area contributed by atoms with Gasteiger partial charge in [0.25, 0.3) is 0 Å². The Labute approximate surface area is 110 Å². The molecule has 104 valence electrons. The fourth-order valence-corrected chi connectivity index (χ4v) is 2.30. The summed E-state index contributed by atoms with van der Waals surface area (Å²) in [7, 11) is 0. The molecule has 0 radical (unpaired) electrons. The van der Waals surface area contributed by atoms with Crippen LogP contribution in [0.3, 0.4) is 0 Å². The lowest BCUT2D eigenvalue weighted by Crippen LogP contribution is -2.47. The minimum absolute atomic E-state index is 0.0911. The van der Waals surface area contributed by atoms with E-state index in [4.69, 9.17) is 0 Å². The quantitative estimate of drug-likeness (QED) is 0.683. The molecule has 2 amide bonds. The maximum atomic E-state index is 11.8. The summed E-state index contributed by atoms with van der Waals surface area (Å²) in [5.41, 5.74) is 0. The standard InChI is InChI=1S/C14H26N2O2/c1-3-4-5-6-11(2)9-14(18)16-12-7-8-13(17)15-10-12/h11-12H,3-10H2,1-2H3,(H,15,17)(H,16,18)/t11-,12-/m0/s1. The molecule has 4 nitrogen and oxygen atoms in total. The van der Waals surface area contributed by atoms with E-state index in [9.17, 15) is 9.59 Å². The summed E-state index contributed by atoms with van der Waals surface area (Å²) < 4.78 is 0. The normalized spacial score (nSPS) is 21.2. The van der Waals surface area contributed by atoms with E-state index in [0.29, 0.717) is 25.3 Å². The number of hydrogen-bond acceptors (Lipinski definition) is 2. The van der Waals surface area contributed by atoms with Crippen molar-refractivity contribution in [2.24, 2.45) is 5.92 Å². The van der Waals surface area contributed by atoms with Crippen LogP contribution in [0, 0.1) is 5.92 Å². The van der Waals surface area contributed by atoms with Crippen LogP contribution >= 0.6 is 0 Å². The van der Waals surface area contributed by atoms with Gasteiger partial charge in [0.05, 0.1) is 0 Å². The summed E-state index contributed by atoms with van der Waals surface area (Å²) >= 11 is 0. The molecular weight excluding hydrogens is 228 g/mol. The van der Waals surface area contributed by atoms with Crippen LogP contribution < -0.4 is 10.6 Å². The van der Waals surface area contributed by atoms with Crippen LogP contribution in [-0.4, -0.2) is 24.4 Å². The molecule has 1 rings (SSSR count). The Bertz CT molecular complexity index is 269. The lowest BCUT2D eigenvalue weighted by molar-refractivity contribution is -0.126. The van der Waals surface area contributed by atoms with E-state index in [1.807, 2.05) is 0 Å². The van der Waals surface area contributed by atoms with Crippen molar-refractivity contribution in [3.8, 4) is 0 Å². The highest BCUT2D eigenvalue weighted by Crippen LogP contribution is 2.13. The maximum absolute atomic E-state index is 11.8. The number of carbonyl (C=O) groups is 2. The number of rotatable bonds is 7. The molecule has 2 atom stereocenters. The minimum atomic E-state index is 0.0911. The van der Waals surface area contributed by atoms with Crippen molar-refractivity contribution in [3.63, 3.8) is 0 Å². The van der Waals surface area contributed by atoms with Crippen molar-refractivity contribution in [2.75, 3.05) is 6.54 Å². The van der Waals surface area contributed by atoms with Gasteiger partial charge in [0.1, 0.15) is 0 Å². The average Bonchev–Trinajstić information content (AvgIpc) is 2.32. The highest BCUT2D eigenvalue weighted by Gasteiger charge is 2.20. The first kappa shape index (κ1) is 15.0. The molecule has 2 N–H and O–H groups in total. The summed E-state index contributed by atoms with van der Waals surface area (Å²) in [5, 5.41) is 5.79. The summed E-state index contributed by atoms with van der Waals surface area (Å²) in [6, 6.07) is 0.123. The van der Waals surface area contributed by atoms with Gasteiger partial charge in [-0.25, -0.2) is 0 Å². The number of hydrogen-bond donors (Lipinski definition) is 2. The van der Waals surface area contributed by atoms with E-state index >= 15 is 0 Å². The maximum Gasteiger partial charge on any atom is 0.220 e. The van der Waals surface area contributed by atoms with Crippen molar-refractivity contribution in [2.45, 2.75) is 64.8 Å². The van der Waals surface area contributed by atoms with Crippen LogP contribution in [0.15, 0.2) is 0 Å². The van der Waals surface area contributed by atoms with Gasteiger partial charge in [-0.1, -0.05) is 39.5 Å². The first-order valence-electron chi connectivity index (χ1n) is 7.18. The smallest absolute Gasteiger partial charge is 0.220 e. The van der Waals surface area contributed by atoms with Crippen molar-refractivity contribution in [3.05, 3.63) is 0 Å². The molecule has 0 aliphatic carbocycles. The minimum Gasteiger partial charge on any atom is -0.354 e. The molecule has 0 aromatic heterocycles. The molecule has 0 unspecified atom stereocenters. The average molecular weight is 254 g/mol. The van der Waals surface area contributed by atoms with Crippen molar-refractivity contribution >= 4 is 11.8 Å². The molecule has 0 saturated carbocycles. The van der Waals surface area contributed by atoms with Crippen molar-refractivity contribution in [1.82, 2.24) is 10.6 Å². The Hall–Kier alpha value is -1.06. The molecule has 0 aromatic carbocycles. The van der Waals surface area contributed by atoms with Gasteiger partial charge in [0.2, 0.25) is 11.8 Å². The second kappa shape index (κ2) is 8.11. The van der Waals surface area contributed by atoms with Gasteiger partial charge < -0.3 is 10.6 Å². The molecule has 0 spiro atoms. The first-order valence-corrected chi connectivity index (χ1v) is 7.18. The molecule has 0 bridgehead atoms. The Balaban J connectivity index is 2.14. The summed E-state index contributed by atoms with van der Waals surface area (Å²) in [6.45, 7) is 4.90. The first-order chi connectivity index (χ1) is 8.61. The van der Waals surface area contributed by atoms with E-state index in [0.717, 1.165) is 12.8 Å². The summed E-state index contributed by atoms with van der Waals surface area (Å²) in [5.74, 6) is 0.670. The zero-order valence-electron chi connectivity index (χ0n) is 11.6. The summed E-state index contributed by atoms with van der Waals surface area (Å²) in [4.78, 5) is 22.8. The molecule has 18 heavy (non-hydrogen) atoms. The van der Waals surface area contributed by atoms with Crippen LogP contribution in [0.5, 0.6) is 0 Å². The van der Waals surface area contributed by atoms with Crippen molar-refractivity contribution < 1.29 is 9.59 Å². The number of piperidine rings is 1. The van der Waals surface area contributed by atoms with Crippen LogP contribution in [-0.2, 0) is 9.59 Å². The van der Waals surface area contributed by atoms with Gasteiger partial charge in [0, 0.05) is 25.4 Å². The molecule has 1 heterocycles. The van der Waals surface area contributed by atoms with Crippen LogP contribution in [0.4, 0.5) is 0 Å². The lowest BCUT2D eigenvalue weighted by atomic mass is 9.99. The lowest BCUT2D eigenvalue weighted by Gasteiger charge is -2.24. The predicted molar refractivity (Wildman–Crippen MR) is 72.1 cm³/mol. The fourth-order valence-electron chi connectivity index (χ4n) is 2.30. The molecule has 0 aromatic rings. The zero-order valence-corrected chi connectivity index (χ0v) is 11.6. The Morgan fingerprint density at radius 3 is 2.89 bits per heavy atom. The highest BCUT2D eigenvalue weighted by atomic mass is 16.2. The SMILES string of the molecule is CCCCC[C@H](C)CC(=O)N[C@H]1CCC(=O)NC1. The number of carbonyl (C=O) groups excluding carboxylic acids is 2. The number of amides is 2.